The third-order valence-corrected chi connectivity index (χ3v) is 7.66. The highest BCUT2D eigenvalue weighted by Gasteiger charge is 2.22. The van der Waals surface area contributed by atoms with Gasteiger partial charge in [-0.25, -0.2) is 12.7 Å². The van der Waals surface area contributed by atoms with Gasteiger partial charge in [-0.15, -0.1) is 10.2 Å². The topological polar surface area (TPSA) is 116 Å². The maximum Gasteiger partial charge on any atom is 0.242 e. The van der Waals surface area contributed by atoms with Crippen LogP contribution in [0.3, 0.4) is 0 Å². The summed E-state index contributed by atoms with van der Waals surface area (Å²) in [5.74, 6) is 0.557. The molecule has 0 fully saturated rings. The SMILES string of the molecule is CCCCCNC(=O)CSc1nnc(-c2cccc(S(=O)(=O)N(C)C)c2)n1CC(OC)OC. The largest absolute Gasteiger partial charge is 0.355 e. The predicted octanol–water partition coefficient (Wildman–Crippen LogP) is 2.21. The maximum atomic E-state index is 12.6. The molecule has 0 bridgehead atoms. The van der Waals surface area contributed by atoms with E-state index in [0.717, 1.165) is 23.6 Å². The van der Waals surface area contributed by atoms with Crippen LogP contribution in [-0.2, 0) is 30.8 Å². The predicted molar refractivity (Wildman–Crippen MR) is 127 cm³/mol. The smallest absolute Gasteiger partial charge is 0.242 e. The number of carbonyl (C=O) groups is 1. The number of nitrogens with zero attached hydrogens (tertiary/aromatic N) is 4. The van der Waals surface area contributed by atoms with Crippen LogP contribution in [0.15, 0.2) is 34.3 Å². The number of carbonyl (C=O) groups excluding carboxylic acids is 1. The molecule has 0 saturated heterocycles. The number of hydrogen-bond acceptors (Lipinski definition) is 8. The van der Waals surface area contributed by atoms with Crippen LogP contribution >= 0.6 is 11.8 Å². The van der Waals surface area contributed by atoms with Crippen LogP contribution in [0.2, 0.25) is 0 Å². The lowest BCUT2D eigenvalue weighted by molar-refractivity contribution is -0.118. The minimum Gasteiger partial charge on any atom is -0.355 e. The van der Waals surface area contributed by atoms with E-state index in [4.69, 9.17) is 9.47 Å². The number of benzene rings is 1. The van der Waals surface area contributed by atoms with Crippen LogP contribution < -0.4 is 5.32 Å². The van der Waals surface area contributed by atoms with E-state index in [2.05, 4.69) is 22.4 Å². The molecule has 0 spiro atoms. The molecule has 1 heterocycles. The van der Waals surface area contributed by atoms with E-state index >= 15 is 0 Å². The van der Waals surface area contributed by atoms with Gasteiger partial charge in [0.1, 0.15) is 0 Å². The van der Waals surface area contributed by atoms with Gasteiger partial charge in [0, 0.05) is 40.4 Å². The summed E-state index contributed by atoms with van der Waals surface area (Å²) >= 11 is 1.25. The van der Waals surface area contributed by atoms with E-state index in [1.165, 1.54) is 46.1 Å². The Balaban J connectivity index is 2.30. The van der Waals surface area contributed by atoms with Gasteiger partial charge in [0.2, 0.25) is 15.9 Å². The van der Waals surface area contributed by atoms with Crippen molar-refractivity contribution in [3.8, 4) is 11.4 Å². The number of amides is 1. The molecule has 1 N–H and O–H groups in total. The minimum absolute atomic E-state index is 0.0821. The second kappa shape index (κ2) is 13.0. The molecule has 0 saturated carbocycles. The third-order valence-electron chi connectivity index (χ3n) is 4.88. The fourth-order valence-corrected chi connectivity index (χ4v) is 4.68. The van der Waals surface area contributed by atoms with E-state index in [1.54, 1.807) is 22.8 Å². The summed E-state index contributed by atoms with van der Waals surface area (Å²) in [4.78, 5) is 12.4. The van der Waals surface area contributed by atoms with Gasteiger partial charge in [0.25, 0.3) is 0 Å². The first kappa shape index (κ1) is 27.3. The molecule has 2 rings (SSSR count). The first-order valence-corrected chi connectivity index (χ1v) is 13.1. The van der Waals surface area contributed by atoms with Crippen LogP contribution in [0.1, 0.15) is 26.2 Å². The van der Waals surface area contributed by atoms with E-state index in [1.807, 2.05) is 0 Å². The molecule has 33 heavy (non-hydrogen) atoms. The first-order chi connectivity index (χ1) is 15.7. The summed E-state index contributed by atoms with van der Waals surface area (Å²) in [5.41, 5.74) is 0.576. The maximum absolute atomic E-state index is 12.6. The van der Waals surface area contributed by atoms with Gasteiger partial charge in [-0.2, -0.15) is 0 Å². The highest BCUT2D eigenvalue weighted by molar-refractivity contribution is 7.99. The zero-order valence-corrected chi connectivity index (χ0v) is 21.4. The number of sulfonamides is 1. The Labute approximate surface area is 200 Å². The van der Waals surface area contributed by atoms with E-state index in [-0.39, 0.29) is 23.1 Å². The van der Waals surface area contributed by atoms with E-state index in [0.29, 0.717) is 23.1 Å². The van der Waals surface area contributed by atoms with Crippen molar-refractivity contribution >= 4 is 27.7 Å². The van der Waals surface area contributed by atoms with Crippen molar-refractivity contribution < 1.29 is 22.7 Å². The lowest BCUT2D eigenvalue weighted by atomic mass is 10.2. The Morgan fingerprint density at radius 3 is 2.58 bits per heavy atom. The van der Waals surface area contributed by atoms with Crippen LogP contribution in [0, 0.1) is 0 Å². The quantitative estimate of drug-likeness (QED) is 0.239. The standard InChI is InChI=1S/C21H33N5O5S2/c1-6-7-8-12-22-18(27)15-32-21-24-23-20(26(21)14-19(30-4)31-5)16-10-9-11-17(13-16)33(28,29)25(2)3/h9-11,13,19H,6-8,12,14-15H2,1-5H3,(H,22,27). The summed E-state index contributed by atoms with van der Waals surface area (Å²) in [5, 5.41) is 11.9. The summed E-state index contributed by atoms with van der Waals surface area (Å²) in [6.07, 6.45) is 2.54. The molecular weight excluding hydrogens is 466 g/mol. The summed E-state index contributed by atoms with van der Waals surface area (Å²) < 4.78 is 38.8. The van der Waals surface area contributed by atoms with Crippen molar-refractivity contribution in [1.29, 1.82) is 0 Å². The molecule has 0 atom stereocenters. The number of aromatic nitrogens is 3. The Morgan fingerprint density at radius 2 is 1.94 bits per heavy atom. The molecule has 0 aliphatic heterocycles. The number of unbranched alkanes of at least 4 members (excludes halogenated alkanes) is 2. The zero-order valence-electron chi connectivity index (χ0n) is 19.8. The Bertz CT molecular complexity index is 1010. The molecule has 0 radical (unpaired) electrons. The van der Waals surface area contributed by atoms with Gasteiger partial charge >= 0.3 is 0 Å². The summed E-state index contributed by atoms with van der Waals surface area (Å²) in [7, 11) is 2.40. The van der Waals surface area contributed by atoms with E-state index in [9.17, 15) is 13.2 Å². The number of methoxy groups -OCH3 is 2. The van der Waals surface area contributed by atoms with Gasteiger partial charge in [-0.1, -0.05) is 43.7 Å². The molecule has 1 aromatic carbocycles. The molecule has 184 valence electrons. The third kappa shape index (κ3) is 7.51. The van der Waals surface area contributed by atoms with Gasteiger partial charge < -0.3 is 14.8 Å². The molecular formula is C21H33N5O5S2. The van der Waals surface area contributed by atoms with Crippen LogP contribution in [0.5, 0.6) is 0 Å². The Kier molecular flexibility index (Phi) is 10.8. The van der Waals surface area contributed by atoms with Gasteiger partial charge in [-0.3, -0.25) is 9.36 Å². The van der Waals surface area contributed by atoms with Crippen molar-refractivity contribution in [3.63, 3.8) is 0 Å². The Hall–Kier alpha value is -1.99. The molecule has 10 nitrogen and oxygen atoms in total. The van der Waals surface area contributed by atoms with Gasteiger partial charge in [0.15, 0.2) is 17.3 Å². The minimum atomic E-state index is -3.61. The van der Waals surface area contributed by atoms with Crippen molar-refractivity contribution in [1.82, 2.24) is 24.4 Å². The molecule has 1 aromatic heterocycles. The average molecular weight is 500 g/mol. The van der Waals surface area contributed by atoms with E-state index < -0.39 is 16.3 Å². The van der Waals surface area contributed by atoms with Gasteiger partial charge in [0.05, 0.1) is 17.2 Å². The van der Waals surface area contributed by atoms with Crippen molar-refractivity contribution in [2.45, 2.75) is 49.1 Å². The molecule has 2 aromatic rings. The van der Waals surface area contributed by atoms with Crippen molar-refractivity contribution in [3.05, 3.63) is 24.3 Å². The molecule has 0 aliphatic rings. The Morgan fingerprint density at radius 1 is 1.21 bits per heavy atom. The fourth-order valence-electron chi connectivity index (χ4n) is 2.96. The number of thioether (sulfide) groups is 1. The molecule has 1 amide bonds. The second-order valence-electron chi connectivity index (χ2n) is 7.48. The molecule has 0 aliphatic carbocycles. The van der Waals surface area contributed by atoms with Crippen LogP contribution in [-0.4, -0.2) is 80.3 Å². The molecule has 12 heteroatoms. The number of nitrogens with one attached hydrogen (secondary N) is 1. The van der Waals surface area contributed by atoms with Crippen LogP contribution in [0.25, 0.3) is 11.4 Å². The first-order valence-electron chi connectivity index (χ1n) is 10.7. The second-order valence-corrected chi connectivity index (χ2v) is 10.6. The van der Waals surface area contributed by atoms with Crippen LogP contribution in [0.4, 0.5) is 0 Å². The summed E-state index contributed by atoms with van der Waals surface area (Å²) in [6, 6.07) is 6.51. The highest BCUT2D eigenvalue weighted by Crippen LogP contribution is 2.27. The van der Waals surface area contributed by atoms with Crippen molar-refractivity contribution in [2.24, 2.45) is 0 Å². The fraction of sp³-hybridized carbons (Fsp3) is 0.571. The summed E-state index contributed by atoms with van der Waals surface area (Å²) in [6.45, 7) is 3.02. The number of rotatable bonds is 14. The normalized spacial score (nSPS) is 12.0. The van der Waals surface area contributed by atoms with Crippen molar-refractivity contribution in [2.75, 3.05) is 40.6 Å². The lowest BCUT2D eigenvalue weighted by Crippen LogP contribution is -2.26. The monoisotopic (exact) mass is 499 g/mol. The average Bonchev–Trinajstić information content (AvgIpc) is 3.21. The van der Waals surface area contributed by atoms with Gasteiger partial charge in [-0.05, 0) is 18.6 Å². The molecule has 0 unspecified atom stereocenters. The highest BCUT2D eigenvalue weighted by atomic mass is 32.2. The number of hydrogen-bond donors (Lipinski definition) is 1. The number of ether oxygens (including phenoxy) is 2. The zero-order chi connectivity index (χ0) is 24.4. The lowest BCUT2D eigenvalue weighted by Gasteiger charge is -2.17.